The van der Waals surface area contributed by atoms with Crippen molar-refractivity contribution in [2.24, 2.45) is 5.92 Å². The van der Waals surface area contributed by atoms with Crippen molar-refractivity contribution in [3.05, 3.63) is 78.4 Å². The minimum Gasteiger partial charge on any atom is -0.310 e. The Morgan fingerprint density at radius 2 is 1.55 bits per heavy atom. The maximum absolute atomic E-state index is 4.29. The molecule has 116 valence electrons. The Labute approximate surface area is 135 Å². The van der Waals surface area contributed by atoms with Gasteiger partial charge in [-0.05, 0) is 35.5 Å². The van der Waals surface area contributed by atoms with Crippen LogP contribution < -0.4 is 5.32 Å². The maximum Gasteiger partial charge on any atom is 0.0208 e. The maximum atomic E-state index is 4.29. The molecule has 0 heterocycles. The monoisotopic (exact) mass is 293 g/mol. The normalized spacial score (nSPS) is 12.3. The second-order valence-electron chi connectivity index (χ2n) is 6.37. The zero-order valence-electron chi connectivity index (χ0n) is 13.8. The molecule has 2 aromatic carbocycles. The summed E-state index contributed by atoms with van der Waals surface area (Å²) in [6.07, 6.45) is 2.16. The van der Waals surface area contributed by atoms with Crippen LogP contribution in [0.1, 0.15) is 37.8 Å². The van der Waals surface area contributed by atoms with Crippen molar-refractivity contribution in [3.63, 3.8) is 0 Å². The first-order chi connectivity index (χ1) is 10.6. The van der Waals surface area contributed by atoms with Gasteiger partial charge < -0.3 is 5.32 Å². The van der Waals surface area contributed by atoms with Crippen molar-refractivity contribution in [3.8, 4) is 0 Å². The molecule has 0 fully saturated rings. The van der Waals surface area contributed by atoms with E-state index in [2.05, 4.69) is 86.4 Å². The largest absolute Gasteiger partial charge is 0.310 e. The van der Waals surface area contributed by atoms with Crippen LogP contribution >= 0.6 is 0 Å². The van der Waals surface area contributed by atoms with Gasteiger partial charge in [-0.15, -0.1) is 0 Å². The molecule has 0 unspecified atom stereocenters. The molecule has 1 heteroatoms. The van der Waals surface area contributed by atoms with Gasteiger partial charge in [-0.1, -0.05) is 81.1 Å². The highest BCUT2D eigenvalue weighted by molar-refractivity contribution is 5.63. The van der Waals surface area contributed by atoms with E-state index >= 15 is 0 Å². The number of nitrogens with one attached hydrogen (secondary N) is 1. The summed E-state index contributed by atoms with van der Waals surface area (Å²) >= 11 is 0. The number of hydrogen-bond donors (Lipinski definition) is 1. The molecule has 2 aromatic rings. The Balaban J connectivity index is 1.95. The molecule has 0 saturated heterocycles. The van der Waals surface area contributed by atoms with Gasteiger partial charge in [0.1, 0.15) is 0 Å². The van der Waals surface area contributed by atoms with Gasteiger partial charge >= 0.3 is 0 Å². The molecule has 22 heavy (non-hydrogen) atoms. The van der Waals surface area contributed by atoms with E-state index in [-0.39, 0.29) is 0 Å². The highest BCUT2D eigenvalue weighted by Crippen LogP contribution is 2.21. The van der Waals surface area contributed by atoms with Crippen molar-refractivity contribution in [2.75, 3.05) is 0 Å². The molecule has 1 nitrogen and oxygen atoms in total. The molecule has 1 atom stereocenters. The summed E-state index contributed by atoms with van der Waals surface area (Å²) in [5.41, 5.74) is 3.80. The van der Waals surface area contributed by atoms with Crippen LogP contribution in [0.25, 0.3) is 5.57 Å². The minimum absolute atomic E-state index is 0.466. The molecule has 0 aromatic heterocycles. The SMILES string of the molecule is C=C(C[C@@H](CC(C)C)NCc1ccccc1)c1ccccc1. The van der Waals surface area contributed by atoms with Crippen molar-refractivity contribution in [2.45, 2.75) is 39.3 Å². The number of hydrogen-bond acceptors (Lipinski definition) is 1. The van der Waals surface area contributed by atoms with Crippen LogP contribution in [0, 0.1) is 5.92 Å². The summed E-state index contributed by atoms with van der Waals surface area (Å²) in [5.74, 6) is 0.678. The molecule has 0 bridgehead atoms. The van der Waals surface area contributed by atoms with Crippen molar-refractivity contribution in [1.29, 1.82) is 0 Å². The van der Waals surface area contributed by atoms with E-state index in [0.717, 1.165) is 13.0 Å². The van der Waals surface area contributed by atoms with E-state index in [1.807, 2.05) is 0 Å². The predicted octanol–water partition coefficient (Wildman–Crippen LogP) is 5.29. The van der Waals surface area contributed by atoms with E-state index in [0.29, 0.717) is 12.0 Å². The average Bonchev–Trinajstić information content (AvgIpc) is 2.54. The third kappa shape index (κ3) is 5.50. The molecule has 0 aliphatic carbocycles. The van der Waals surface area contributed by atoms with E-state index in [1.54, 1.807) is 0 Å². The lowest BCUT2D eigenvalue weighted by Crippen LogP contribution is -2.30. The average molecular weight is 293 g/mol. The van der Waals surface area contributed by atoms with Gasteiger partial charge in [-0.3, -0.25) is 0 Å². The summed E-state index contributed by atoms with van der Waals surface area (Å²) in [5, 5.41) is 3.71. The molecule has 1 N–H and O–H groups in total. The quantitative estimate of drug-likeness (QED) is 0.697. The van der Waals surface area contributed by atoms with Crippen LogP contribution in [0.4, 0.5) is 0 Å². The minimum atomic E-state index is 0.466. The van der Waals surface area contributed by atoms with Gasteiger partial charge in [-0.25, -0.2) is 0 Å². The summed E-state index contributed by atoms with van der Waals surface area (Å²) in [7, 11) is 0. The third-order valence-corrected chi connectivity index (χ3v) is 3.87. The molecular formula is C21H27N. The van der Waals surface area contributed by atoms with Crippen molar-refractivity contribution >= 4 is 5.57 Å². The fourth-order valence-electron chi connectivity index (χ4n) is 2.76. The molecular weight excluding hydrogens is 266 g/mol. The molecule has 0 spiro atoms. The van der Waals surface area contributed by atoms with Gasteiger partial charge in [0.05, 0.1) is 0 Å². The van der Waals surface area contributed by atoms with E-state index in [9.17, 15) is 0 Å². The summed E-state index contributed by atoms with van der Waals surface area (Å²) in [6.45, 7) is 9.76. The number of rotatable bonds is 8. The van der Waals surface area contributed by atoms with Crippen LogP contribution in [0.2, 0.25) is 0 Å². The standard InChI is InChI=1S/C21H27N/c1-17(2)14-21(22-16-19-10-6-4-7-11-19)15-18(3)20-12-8-5-9-13-20/h4-13,17,21-22H,3,14-16H2,1-2H3/t21-/m1/s1. The van der Waals surface area contributed by atoms with Crippen LogP contribution in [-0.4, -0.2) is 6.04 Å². The lowest BCUT2D eigenvalue weighted by Gasteiger charge is -2.22. The van der Waals surface area contributed by atoms with Crippen molar-refractivity contribution < 1.29 is 0 Å². The van der Waals surface area contributed by atoms with Crippen LogP contribution in [0.5, 0.6) is 0 Å². The van der Waals surface area contributed by atoms with E-state index in [4.69, 9.17) is 0 Å². The molecule has 0 aliphatic heterocycles. The van der Waals surface area contributed by atoms with Crippen molar-refractivity contribution in [1.82, 2.24) is 5.32 Å². The fourth-order valence-corrected chi connectivity index (χ4v) is 2.76. The first kappa shape index (κ1) is 16.5. The molecule has 2 rings (SSSR count). The summed E-state index contributed by atoms with van der Waals surface area (Å²) in [6, 6.07) is 21.6. The highest BCUT2D eigenvalue weighted by atomic mass is 14.9. The Hall–Kier alpha value is -1.86. The van der Waals surface area contributed by atoms with Gasteiger partial charge in [0.15, 0.2) is 0 Å². The van der Waals surface area contributed by atoms with Crippen LogP contribution in [0.3, 0.4) is 0 Å². The van der Waals surface area contributed by atoms with E-state index in [1.165, 1.54) is 23.1 Å². The lowest BCUT2D eigenvalue weighted by atomic mass is 9.94. The van der Waals surface area contributed by atoms with Gasteiger partial charge in [0.25, 0.3) is 0 Å². The lowest BCUT2D eigenvalue weighted by molar-refractivity contribution is 0.422. The second-order valence-corrected chi connectivity index (χ2v) is 6.37. The molecule has 0 radical (unpaired) electrons. The zero-order valence-corrected chi connectivity index (χ0v) is 13.8. The van der Waals surface area contributed by atoms with Crippen LogP contribution in [0.15, 0.2) is 67.2 Å². The number of benzene rings is 2. The smallest absolute Gasteiger partial charge is 0.0208 e. The van der Waals surface area contributed by atoms with Gasteiger partial charge in [0.2, 0.25) is 0 Å². The summed E-state index contributed by atoms with van der Waals surface area (Å²) in [4.78, 5) is 0. The van der Waals surface area contributed by atoms with E-state index < -0.39 is 0 Å². The Morgan fingerprint density at radius 1 is 0.955 bits per heavy atom. The Bertz CT molecular complexity index is 557. The topological polar surface area (TPSA) is 12.0 Å². The zero-order chi connectivity index (χ0) is 15.8. The molecule has 0 aliphatic rings. The first-order valence-electron chi connectivity index (χ1n) is 8.15. The second kappa shape index (κ2) is 8.55. The van der Waals surface area contributed by atoms with Gasteiger partial charge in [0, 0.05) is 12.6 Å². The molecule has 0 saturated carbocycles. The summed E-state index contributed by atoms with van der Waals surface area (Å²) < 4.78 is 0. The van der Waals surface area contributed by atoms with Gasteiger partial charge in [-0.2, -0.15) is 0 Å². The Kier molecular flexibility index (Phi) is 6.42. The molecule has 0 amide bonds. The Morgan fingerprint density at radius 3 is 2.14 bits per heavy atom. The third-order valence-electron chi connectivity index (χ3n) is 3.87. The first-order valence-corrected chi connectivity index (χ1v) is 8.15. The van der Waals surface area contributed by atoms with Crippen LogP contribution in [-0.2, 0) is 6.54 Å². The highest BCUT2D eigenvalue weighted by Gasteiger charge is 2.13. The fraction of sp³-hybridized carbons (Fsp3) is 0.333. The predicted molar refractivity (Wildman–Crippen MR) is 96.6 cm³/mol.